The number of rotatable bonds is 13. The molecule has 1 aliphatic carbocycles. The van der Waals surface area contributed by atoms with Crippen LogP contribution in [-0.4, -0.2) is 45.8 Å². The predicted octanol–water partition coefficient (Wildman–Crippen LogP) is 3.37. The van der Waals surface area contributed by atoms with Gasteiger partial charge in [-0.3, -0.25) is 9.59 Å². The number of benzene rings is 1. The van der Waals surface area contributed by atoms with Gasteiger partial charge < -0.3 is 20.6 Å². The fourth-order valence-electron chi connectivity index (χ4n) is 4.21. The molecule has 0 aromatic heterocycles. The Balaban J connectivity index is 1.71. The van der Waals surface area contributed by atoms with Crippen LogP contribution in [-0.2, 0) is 9.59 Å². The molecule has 2 rings (SSSR count). The van der Waals surface area contributed by atoms with Crippen molar-refractivity contribution in [3.05, 3.63) is 30.1 Å². The van der Waals surface area contributed by atoms with E-state index >= 15 is 0 Å². The third-order valence-electron chi connectivity index (χ3n) is 5.77. The van der Waals surface area contributed by atoms with Crippen LogP contribution in [0.4, 0.5) is 10.1 Å². The molecule has 1 aromatic rings. The topological polar surface area (TPSA) is 107 Å². The number of hydrogen-bond acceptors (Lipinski definition) is 5. The van der Waals surface area contributed by atoms with Gasteiger partial charge in [-0.2, -0.15) is 0 Å². The lowest BCUT2D eigenvalue weighted by atomic mass is 9.85. The van der Waals surface area contributed by atoms with E-state index in [1.54, 1.807) is 12.1 Å². The molecule has 0 radical (unpaired) electrons. The molecule has 162 valence electrons. The Morgan fingerprint density at radius 2 is 1.69 bits per heavy atom. The van der Waals surface area contributed by atoms with Crippen molar-refractivity contribution in [1.82, 2.24) is 0 Å². The van der Waals surface area contributed by atoms with E-state index in [1.807, 2.05) is 0 Å². The number of aliphatic carboxylic acids is 1. The molecule has 1 aliphatic rings. The molecule has 7 heteroatoms. The number of hydrogen-bond donors (Lipinski definition) is 4. The van der Waals surface area contributed by atoms with E-state index in [1.165, 1.54) is 12.1 Å². The number of nitrogens with one attached hydrogen (secondary N) is 1. The number of unbranched alkanes of at least 4 members (excludes halogenated alkanes) is 3. The van der Waals surface area contributed by atoms with E-state index in [-0.39, 0.29) is 36.4 Å². The van der Waals surface area contributed by atoms with E-state index in [9.17, 15) is 24.2 Å². The molecule has 6 nitrogen and oxygen atoms in total. The van der Waals surface area contributed by atoms with Crippen molar-refractivity contribution in [1.29, 1.82) is 0 Å². The number of aliphatic hydroxyl groups is 2. The maximum absolute atomic E-state index is 13.2. The monoisotopic (exact) mass is 409 g/mol. The number of carboxylic acid groups (broad SMARTS) is 1. The van der Waals surface area contributed by atoms with Gasteiger partial charge in [0.15, 0.2) is 5.78 Å². The summed E-state index contributed by atoms with van der Waals surface area (Å²) in [7, 11) is 0. The van der Waals surface area contributed by atoms with E-state index in [0.717, 1.165) is 25.7 Å². The number of carboxylic acids is 1. The summed E-state index contributed by atoms with van der Waals surface area (Å²) >= 11 is 0. The van der Waals surface area contributed by atoms with Gasteiger partial charge in [0, 0.05) is 18.5 Å². The smallest absolute Gasteiger partial charge is 0.303 e. The normalized spacial score (nSPS) is 23.8. The molecule has 0 unspecified atom stereocenters. The number of ketones is 1. The average Bonchev–Trinajstić information content (AvgIpc) is 2.93. The molecule has 0 heterocycles. The summed E-state index contributed by atoms with van der Waals surface area (Å²) in [5.74, 6) is -1.31. The fourth-order valence-corrected chi connectivity index (χ4v) is 4.21. The maximum Gasteiger partial charge on any atom is 0.303 e. The van der Waals surface area contributed by atoms with Gasteiger partial charge in [-0.15, -0.1) is 0 Å². The summed E-state index contributed by atoms with van der Waals surface area (Å²) in [6, 6.07) is 5.94. The first-order valence-corrected chi connectivity index (χ1v) is 10.5. The van der Waals surface area contributed by atoms with Crippen LogP contribution in [0.25, 0.3) is 0 Å². The first-order chi connectivity index (χ1) is 13.9. The highest BCUT2D eigenvalue weighted by atomic mass is 19.1. The lowest BCUT2D eigenvalue weighted by molar-refractivity contribution is -0.137. The highest BCUT2D eigenvalue weighted by Crippen LogP contribution is 2.39. The van der Waals surface area contributed by atoms with Gasteiger partial charge in [0.05, 0.1) is 18.8 Å². The van der Waals surface area contributed by atoms with Crippen LogP contribution in [0.1, 0.15) is 57.8 Å². The molecule has 0 aliphatic heterocycles. The number of halogens is 1. The number of aliphatic hydroxyl groups excluding tert-OH is 2. The molecule has 1 saturated carbocycles. The first-order valence-electron chi connectivity index (χ1n) is 10.5. The van der Waals surface area contributed by atoms with Crippen LogP contribution in [0.3, 0.4) is 0 Å². The molecule has 29 heavy (non-hydrogen) atoms. The Bertz CT molecular complexity index is 668. The number of anilines is 1. The summed E-state index contributed by atoms with van der Waals surface area (Å²) in [5.41, 5.74) is 0.551. The van der Waals surface area contributed by atoms with Gasteiger partial charge in [-0.25, -0.2) is 4.39 Å². The van der Waals surface area contributed by atoms with E-state index < -0.39 is 18.2 Å². The number of Topliss-reactive ketones (excluding diaryl/α,β-unsaturated/α-hetero) is 1. The SMILES string of the molecule is O=C(O)CCCCCC[C@@H]1[C@@H](CCC(=O)CNc2cccc(F)c2)[C@H](O)C[C@@H]1O. The van der Waals surface area contributed by atoms with Crippen molar-refractivity contribution < 1.29 is 29.3 Å². The molecule has 4 N–H and O–H groups in total. The molecule has 0 spiro atoms. The van der Waals surface area contributed by atoms with Gasteiger partial charge in [-0.05, 0) is 55.7 Å². The minimum atomic E-state index is -0.782. The third kappa shape index (κ3) is 8.11. The van der Waals surface area contributed by atoms with Crippen LogP contribution in [0.5, 0.6) is 0 Å². The second kappa shape index (κ2) is 11.9. The molecule has 0 bridgehead atoms. The van der Waals surface area contributed by atoms with Crippen molar-refractivity contribution in [2.24, 2.45) is 11.8 Å². The highest BCUT2D eigenvalue weighted by Gasteiger charge is 2.40. The molecule has 0 saturated heterocycles. The highest BCUT2D eigenvalue weighted by molar-refractivity contribution is 5.82. The Morgan fingerprint density at radius 1 is 1.00 bits per heavy atom. The van der Waals surface area contributed by atoms with Gasteiger partial charge in [-0.1, -0.05) is 25.3 Å². The van der Waals surface area contributed by atoms with E-state index in [4.69, 9.17) is 5.11 Å². The summed E-state index contributed by atoms with van der Waals surface area (Å²) in [5, 5.41) is 32.1. The summed E-state index contributed by atoms with van der Waals surface area (Å²) in [6.07, 6.45) is 4.20. The van der Waals surface area contributed by atoms with Crippen molar-refractivity contribution in [2.75, 3.05) is 11.9 Å². The average molecular weight is 409 g/mol. The lowest BCUT2D eigenvalue weighted by Gasteiger charge is -2.23. The summed E-state index contributed by atoms with van der Waals surface area (Å²) in [6.45, 7) is 0.100. The van der Waals surface area contributed by atoms with E-state index in [2.05, 4.69) is 5.32 Å². The Labute approximate surface area is 171 Å². The van der Waals surface area contributed by atoms with Crippen LogP contribution in [0, 0.1) is 17.7 Å². The molecular weight excluding hydrogens is 377 g/mol. The molecular formula is C22H32FNO5. The second-order valence-corrected chi connectivity index (χ2v) is 7.99. The minimum Gasteiger partial charge on any atom is -0.481 e. The third-order valence-corrected chi connectivity index (χ3v) is 5.77. The van der Waals surface area contributed by atoms with Crippen LogP contribution < -0.4 is 5.32 Å². The van der Waals surface area contributed by atoms with Crippen molar-refractivity contribution in [3.63, 3.8) is 0 Å². The van der Waals surface area contributed by atoms with Gasteiger partial charge in [0.2, 0.25) is 0 Å². The summed E-state index contributed by atoms with van der Waals surface area (Å²) in [4.78, 5) is 22.7. The lowest BCUT2D eigenvalue weighted by Crippen LogP contribution is -2.24. The zero-order valence-electron chi connectivity index (χ0n) is 16.7. The van der Waals surface area contributed by atoms with Crippen LogP contribution in [0.2, 0.25) is 0 Å². The Kier molecular flexibility index (Phi) is 9.54. The second-order valence-electron chi connectivity index (χ2n) is 7.99. The number of carbonyl (C=O) groups excluding carboxylic acids is 1. The Hall–Kier alpha value is -1.99. The van der Waals surface area contributed by atoms with Gasteiger partial charge >= 0.3 is 5.97 Å². The maximum atomic E-state index is 13.2. The Morgan fingerprint density at radius 3 is 2.38 bits per heavy atom. The summed E-state index contributed by atoms with van der Waals surface area (Å²) < 4.78 is 13.2. The quantitative estimate of drug-likeness (QED) is 0.372. The molecule has 4 atom stereocenters. The van der Waals surface area contributed by atoms with Crippen LogP contribution in [0.15, 0.2) is 24.3 Å². The molecule has 1 aromatic carbocycles. The van der Waals surface area contributed by atoms with Crippen LogP contribution >= 0.6 is 0 Å². The molecule has 1 fully saturated rings. The minimum absolute atomic E-state index is 0.0183. The van der Waals surface area contributed by atoms with Crippen molar-refractivity contribution in [2.45, 2.75) is 70.0 Å². The predicted molar refractivity (Wildman–Crippen MR) is 108 cm³/mol. The van der Waals surface area contributed by atoms with Crippen molar-refractivity contribution >= 4 is 17.4 Å². The largest absolute Gasteiger partial charge is 0.481 e. The fraction of sp³-hybridized carbons (Fsp3) is 0.636. The van der Waals surface area contributed by atoms with E-state index in [0.29, 0.717) is 31.4 Å². The molecule has 0 amide bonds. The number of carbonyl (C=O) groups is 2. The zero-order valence-corrected chi connectivity index (χ0v) is 16.7. The first kappa shape index (κ1) is 23.3. The van der Waals surface area contributed by atoms with Gasteiger partial charge in [0.25, 0.3) is 0 Å². The van der Waals surface area contributed by atoms with Crippen molar-refractivity contribution in [3.8, 4) is 0 Å². The zero-order chi connectivity index (χ0) is 21.2. The van der Waals surface area contributed by atoms with Gasteiger partial charge in [0.1, 0.15) is 5.82 Å². The standard InChI is InChI=1S/C22H32FNO5/c23-15-6-5-7-16(12-15)24-14-17(25)10-11-19-18(20(26)13-21(19)27)8-3-1-2-4-9-22(28)29/h5-7,12,18-21,24,26-27H,1-4,8-11,13-14H2,(H,28,29)/t18-,19-,20+,21-/m1/s1.